The number of aromatic nitrogens is 3. The lowest BCUT2D eigenvalue weighted by atomic mass is 10.0. The maximum atomic E-state index is 14.2. The third kappa shape index (κ3) is 2.43. The Hall–Kier alpha value is -2.95. The van der Waals surface area contributed by atoms with Gasteiger partial charge in [0.2, 0.25) is 0 Å². The van der Waals surface area contributed by atoms with Crippen molar-refractivity contribution >= 4 is 10.9 Å². The van der Waals surface area contributed by atoms with Crippen LogP contribution in [0.2, 0.25) is 0 Å². The van der Waals surface area contributed by atoms with Crippen molar-refractivity contribution in [2.24, 2.45) is 7.05 Å². The quantitative estimate of drug-likeness (QED) is 0.540. The summed E-state index contributed by atoms with van der Waals surface area (Å²) in [4.78, 5) is 3.16. The molecule has 0 spiro atoms. The molecule has 3 nitrogen and oxygen atoms in total. The van der Waals surface area contributed by atoms with Crippen molar-refractivity contribution in [1.82, 2.24) is 14.8 Å². The van der Waals surface area contributed by atoms with Gasteiger partial charge in [-0.2, -0.15) is 5.10 Å². The van der Waals surface area contributed by atoms with E-state index in [2.05, 4.69) is 10.1 Å². The van der Waals surface area contributed by atoms with Crippen molar-refractivity contribution in [3.8, 4) is 22.5 Å². The summed E-state index contributed by atoms with van der Waals surface area (Å²) in [6.45, 7) is 3.82. The molecular weight excluding hydrogens is 320 g/mol. The molecule has 0 fully saturated rings. The zero-order valence-electron chi connectivity index (χ0n) is 14.2. The van der Waals surface area contributed by atoms with Crippen LogP contribution in [-0.2, 0) is 7.05 Å². The summed E-state index contributed by atoms with van der Waals surface area (Å²) < 4.78 is 30.2. The lowest BCUT2D eigenvalue weighted by Crippen LogP contribution is -1.93. The van der Waals surface area contributed by atoms with Crippen LogP contribution in [0.4, 0.5) is 8.78 Å². The maximum Gasteiger partial charge on any atom is 0.135 e. The fourth-order valence-electron chi connectivity index (χ4n) is 3.35. The van der Waals surface area contributed by atoms with E-state index < -0.39 is 11.6 Å². The first-order chi connectivity index (χ1) is 12.0. The van der Waals surface area contributed by atoms with Crippen LogP contribution in [-0.4, -0.2) is 14.8 Å². The van der Waals surface area contributed by atoms with Crippen LogP contribution in [0.5, 0.6) is 0 Å². The maximum absolute atomic E-state index is 14.2. The Labute approximate surface area is 143 Å². The van der Waals surface area contributed by atoms with Crippen molar-refractivity contribution in [3.05, 3.63) is 65.4 Å². The van der Waals surface area contributed by atoms with Crippen LogP contribution in [0, 0.1) is 25.5 Å². The molecule has 0 radical (unpaired) electrons. The lowest BCUT2D eigenvalue weighted by Gasteiger charge is -2.04. The number of rotatable bonds is 2. The fraction of sp³-hybridized carbons (Fsp3) is 0.150. The summed E-state index contributed by atoms with van der Waals surface area (Å²) in [5, 5.41) is 5.31. The van der Waals surface area contributed by atoms with Crippen LogP contribution >= 0.6 is 0 Å². The van der Waals surface area contributed by atoms with Crippen molar-refractivity contribution in [1.29, 1.82) is 0 Å². The minimum atomic E-state index is -0.572. The molecule has 0 saturated carbocycles. The number of fused-ring (bicyclic) bond motifs is 1. The molecule has 0 saturated heterocycles. The minimum Gasteiger partial charge on any atom is -0.354 e. The van der Waals surface area contributed by atoms with Crippen molar-refractivity contribution in [2.75, 3.05) is 0 Å². The molecule has 2 heterocycles. The summed E-state index contributed by atoms with van der Waals surface area (Å²) in [6.07, 6.45) is 0. The monoisotopic (exact) mass is 337 g/mol. The number of benzene rings is 2. The molecule has 1 N–H and O–H groups in total. The summed E-state index contributed by atoms with van der Waals surface area (Å²) >= 11 is 0. The first-order valence-electron chi connectivity index (χ1n) is 8.03. The SMILES string of the molecule is Cc1cc(-c2ccc3[nH]c(-c4c(F)cccc4F)c(C)c3c2)n(C)n1. The van der Waals surface area contributed by atoms with Crippen LogP contribution in [0.1, 0.15) is 11.3 Å². The molecule has 2 aromatic heterocycles. The molecular formula is C20H17F2N3. The average Bonchev–Trinajstić information content (AvgIpc) is 3.07. The second-order valence-electron chi connectivity index (χ2n) is 6.28. The van der Waals surface area contributed by atoms with Gasteiger partial charge in [-0.05, 0) is 49.7 Å². The number of nitrogens with one attached hydrogen (secondary N) is 1. The van der Waals surface area contributed by atoms with E-state index in [1.54, 1.807) is 0 Å². The van der Waals surface area contributed by atoms with E-state index in [1.165, 1.54) is 18.2 Å². The van der Waals surface area contributed by atoms with Gasteiger partial charge >= 0.3 is 0 Å². The third-order valence-corrected chi connectivity index (χ3v) is 4.57. The van der Waals surface area contributed by atoms with Gasteiger partial charge in [0, 0.05) is 23.5 Å². The van der Waals surface area contributed by atoms with Crippen LogP contribution < -0.4 is 0 Å². The number of hydrogen-bond donors (Lipinski definition) is 1. The molecule has 0 aliphatic heterocycles. The molecule has 2 aromatic carbocycles. The van der Waals surface area contributed by atoms with Crippen LogP contribution in [0.15, 0.2) is 42.5 Å². The van der Waals surface area contributed by atoms with E-state index >= 15 is 0 Å². The standard InChI is InChI=1S/C20H17F2N3/c1-11-9-18(25(3)24-11)13-7-8-17-14(10-13)12(2)20(23-17)19-15(21)5-4-6-16(19)22/h4-10,23H,1-3H3. The molecule has 25 heavy (non-hydrogen) atoms. The van der Waals surface area contributed by atoms with Gasteiger partial charge in [-0.25, -0.2) is 8.78 Å². The van der Waals surface area contributed by atoms with Gasteiger partial charge in [0.1, 0.15) is 11.6 Å². The normalized spacial score (nSPS) is 11.4. The van der Waals surface area contributed by atoms with E-state index in [0.717, 1.165) is 33.4 Å². The van der Waals surface area contributed by atoms with Crippen LogP contribution in [0.3, 0.4) is 0 Å². The molecule has 4 rings (SSSR count). The van der Waals surface area contributed by atoms with Crippen LogP contribution in [0.25, 0.3) is 33.4 Å². The summed E-state index contributed by atoms with van der Waals surface area (Å²) in [5.41, 5.74) is 5.07. The van der Waals surface area contributed by atoms with E-state index in [-0.39, 0.29) is 5.56 Å². The van der Waals surface area contributed by atoms with Crippen molar-refractivity contribution in [2.45, 2.75) is 13.8 Å². The Morgan fingerprint density at radius 3 is 2.36 bits per heavy atom. The van der Waals surface area contributed by atoms with Gasteiger partial charge in [0.25, 0.3) is 0 Å². The number of halogens is 2. The van der Waals surface area contributed by atoms with E-state index in [4.69, 9.17) is 0 Å². The Morgan fingerprint density at radius 2 is 1.72 bits per heavy atom. The number of H-pyrrole nitrogens is 1. The summed E-state index contributed by atoms with van der Waals surface area (Å²) in [5.74, 6) is -1.14. The van der Waals surface area contributed by atoms with Gasteiger partial charge in [-0.15, -0.1) is 0 Å². The van der Waals surface area contributed by atoms with Gasteiger partial charge in [0.05, 0.1) is 22.6 Å². The Kier molecular flexibility index (Phi) is 3.46. The third-order valence-electron chi connectivity index (χ3n) is 4.57. The lowest BCUT2D eigenvalue weighted by molar-refractivity contribution is 0.589. The van der Waals surface area contributed by atoms with Crippen molar-refractivity contribution in [3.63, 3.8) is 0 Å². The first kappa shape index (κ1) is 15.6. The predicted octanol–water partition coefficient (Wildman–Crippen LogP) is 5.13. The molecule has 126 valence electrons. The predicted molar refractivity (Wildman–Crippen MR) is 95.3 cm³/mol. The van der Waals surface area contributed by atoms with Gasteiger partial charge < -0.3 is 4.98 Å². The zero-order chi connectivity index (χ0) is 17.7. The molecule has 0 aliphatic carbocycles. The van der Waals surface area contributed by atoms with E-state index in [9.17, 15) is 8.78 Å². The zero-order valence-corrected chi connectivity index (χ0v) is 14.2. The second-order valence-corrected chi connectivity index (χ2v) is 6.28. The molecule has 4 aromatic rings. The largest absolute Gasteiger partial charge is 0.354 e. The molecule has 0 aliphatic rings. The summed E-state index contributed by atoms with van der Waals surface area (Å²) in [6, 6.07) is 11.9. The van der Waals surface area contributed by atoms with Gasteiger partial charge in [-0.1, -0.05) is 12.1 Å². The fourth-order valence-corrected chi connectivity index (χ4v) is 3.35. The Morgan fingerprint density at radius 1 is 1.00 bits per heavy atom. The highest BCUT2D eigenvalue weighted by molar-refractivity contribution is 5.93. The Bertz CT molecular complexity index is 1090. The average molecular weight is 337 g/mol. The smallest absolute Gasteiger partial charge is 0.135 e. The highest BCUT2D eigenvalue weighted by atomic mass is 19.1. The number of hydrogen-bond acceptors (Lipinski definition) is 1. The minimum absolute atomic E-state index is 0.0193. The molecule has 0 atom stereocenters. The Balaban J connectivity index is 1.93. The molecule has 0 amide bonds. The number of aromatic amines is 1. The van der Waals surface area contributed by atoms with E-state index in [1.807, 2.05) is 49.8 Å². The topological polar surface area (TPSA) is 33.6 Å². The number of nitrogens with zero attached hydrogens (tertiary/aromatic N) is 2. The van der Waals surface area contributed by atoms with Crippen molar-refractivity contribution < 1.29 is 8.78 Å². The highest BCUT2D eigenvalue weighted by Crippen LogP contribution is 2.34. The first-order valence-corrected chi connectivity index (χ1v) is 8.03. The molecule has 0 bridgehead atoms. The summed E-state index contributed by atoms with van der Waals surface area (Å²) in [7, 11) is 1.90. The van der Waals surface area contributed by atoms with E-state index in [0.29, 0.717) is 5.69 Å². The highest BCUT2D eigenvalue weighted by Gasteiger charge is 2.18. The second kappa shape index (κ2) is 5.55. The van der Waals surface area contributed by atoms with Gasteiger partial charge in [-0.3, -0.25) is 4.68 Å². The number of aryl methyl sites for hydroxylation is 3. The van der Waals surface area contributed by atoms with Gasteiger partial charge in [0.15, 0.2) is 0 Å². The molecule has 0 unspecified atom stereocenters. The molecule has 5 heteroatoms.